The second kappa shape index (κ2) is 5.20. The Morgan fingerprint density at radius 2 is 1.89 bits per heavy atom. The summed E-state index contributed by atoms with van der Waals surface area (Å²) in [4.78, 5) is 2.18. The lowest BCUT2D eigenvalue weighted by Crippen LogP contribution is -2.38. The van der Waals surface area contributed by atoms with Gasteiger partial charge in [-0.25, -0.2) is 8.42 Å². The van der Waals surface area contributed by atoms with Crippen LogP contribution < -0.4 is 0 Å². The summed E-state index contributed by atoms with van der Waals surface area (Å²) in [6.45, 7) is 2.26. The standard InChI is InChI=1S/C13H20N2O3S/c1-10-6-4-5-7-13(10)19(17,18)15-8-11(14(2)3)12(16)9-15/h4-7,11-12,16H,8-9H2,1-3H3/t11-,12-/m0/s1. The number of likely N-dealkylation sites (N-methyl/N-ethyl adjacent to an activating group) is 1. The summed E-state index contributed by atoms with van der Waals surface area (Å²) in [5.41, 5.74) is 0.727. The van der Waals surface area contributed by atoms with Crippen molar-refractivity contribution in [2.75, 3.05) is 27.2 Å². The molecule has 1 aromatic rings. The maximum absolute atomic E-state index is 12.6. The normalized spacial score (nSPS) is 25.1. The Bertz CT molecular complexity index is 557. The molecule has 19 heavy (non-hydrogen) atoms. The van der Waals surface area contributed by atoms with Crippen LogP contribution in [0.1, 0.15) is 5.56 Å². The maximum atomic E-state index is 12.6. The van der Waals surface area contributed by atoms with Crippen molar-refractivity contribution in [1.82, 2.24) is 9.21 Å². The Morgan fingerprint density at radius 1 is 1.26 bits per heavy atom. The number of hydrogen-bond acceptors (Lipinski definition) is 4. The maximum Gasteiger partial charge on any atom is 0.243 e. The summed E-state index contributed by atoms with van der Waals surface area (Å²) in [7, 11) is 0.168. The molecular formula is C13H20N2O3S. The molecule has 0 aliphatic carbocycles. The Labute approximate surface area is 114 Å². The quantitative estimate of drug-likeness (QED) is 0.867. The van der Waals surface area contributed by atoms with E-state index in [4.69, 9.17) is 0 Å². The number of nitrogens with zero attached hydrogens (tertiary/aromatic N) is 2. The van der Waals surface area contributed by atoms with Gasteiger partial charge in [-0.15, -0.1) is 0 Å². The molecule has 1 aromatic carbocycles. The Hall–Kier alpha value is -0.950. The van der Waals surface area contributed by atoms with Crippen LogP contribution >= 0.6 is 0 Å². The van der Waals surface area contributed by atoms with E-state index in [0.29, 0.717) is 11.4 Å². The zero-order valence-electron chi connectivity index (χ0n) is 11.4. The molecule has 5 nitrogen and oxygen atoms in total. The van der Waals surface area contributed by atoms with Crippen molar-refractivity contribution >= 4 is 10.0 Å². The van der Waals surface area contributed by atoms with Gasteiger partial charge in [-0.3, -0.25) is 0 Å². The average Bonchev–Trinajstić information content (AvgIpc) is 2.72. The van der Waals surface area contributed by atoms with Gasteiger partial charge in [0.05, 0.1) is 17.0 Å². The van der Waals surface area contributed by atoms with E-state index in [1.54, 1.807) is 25.1 Å². The molecule has 6 heteroatoms. The van der Waals surface area contributed by atoms with Crippen LogP contribution in [-0.2, 0) is 10.0 Å². The molecule has 1 aliphatic rings. The fourth-order valence-electron chi connectivity index (χ4n) is 2.42. The summed E-state index contributed by atoms with van der Waals surface area (Å²) >= 11 is 0. The highest BCUT2D eigenvalue weighted by Crippen LogP contribution is 2.25. The zero-order valence-corrected chi connectivity index (χ0v) is 12.3. The molecular weight excluding hydrogens is 264 g/mol. The third-order valence-corrected chi connectivity index (χ3v) is 5.59. The zero-order chi connectivity index (χ0) is 14.2. The molecule has 0 bridgehead atoms. The van der Waals surface area contributed by atoms with Crippen molar-refractivity contribution in [1.29, 1.82) is 0 Å². The van der Waals surface area contributed by atoms with Crippen molar-refractivity contribution in [3.63, 3.8) is 0 Å². The van der Waals surface area contributed by atoms with E-state index in [-0.39, 0.29) is 12.6 Å². The minimum atomic E-state index is -3.52. The minimum absolute atomic E-state index is 0.152. The van der Waals surface area contributed by atoms with Gasteiger partial charge < -0.3 is 10.0 Å². The summed E-state index contributed by atoms with van der Waals surface area (Å²) < 4.78 is 26.5. The highest BCUT2D eigenvalue weighted by molar-refractivity contribution is 7.89. The topological polar surface area (TPSA) is 60.9 Å². The SMILES string of the molecule is Cc1ccccc1S(=O)(=O)N1C[C@H](O)[C@@H](N(C)C)C1. The van der Waals surface area contributed by atoms with Gasteiger partial charge in [0.2, 0.25) is 10.0 Å². The third-order valence-electron chi connectivity index (χ3n) is 3.60. The molecule has 106 valence electrons. The number of rotatable bonds is 3. The minimum Gasteiger partial charge on any atom is -0.390 e. The van der Waals surface area contributed by atoms with E-state index >= 15 is 0 Å². The summed E-state index contributed by atoms with van der Waals surface area (Å²) in [5.74, 6) is 0. The molecule has 1 fully saturated rings. The fourth-order valence-corrected chi connectivity index (χ4v) is 4.13. The van der Waals surface area contributed by atoms with Gasteiger partial charge >= 0.3 is 0 Å². The second-order valence-electron chi connectivity index (χ2n) is 5.19. The second-order valence-corrected chi connectivity index (χ2v) is 7.09. The lowest BCUT2D eigenvalue weighted by Gasteiger charge is -2.21. The number of hydrogen-bond donors (Lipinski definition) is 1. The van der Waals surface area contributed by atoms with Crippen LogP contribution in [0, 0.1) is 6.92 Å². The molecule has 2 rings (SSSR count). The largest absolute Gasteiger partial charge is 0.390 e. The number of aliphatic hydroxyl groups excluding tert-OH is 1. The number of β-amino-alcohol motifs (C(OH)–C–C–N with tert-alkyl or cyclic N) is 1. The van der Waals surface area contributed by atoms with Crippen molar-refractivity contribution in [2.24, 2.45) is 0 Å². The van der Waals surface area contributed by atoms with Crippen LogP contribution in [0.15, 0.2) is 29.2 Å². The molecule has 1 aliphatic heterocycles. The van der Waals surface area contributed by atoms with Crippen molar-refractivity contribution in [3.05, 3.63) is 29.8 Å². The van der Waals surface area contributed by atoms with Gasteiger partial charge in [0, 0.05) is 13.1 Å². The smallest absolute Gasteiger partial charge is 0.243 e. The molecule has 1 N–H and O–H groups in total. The van der Waals surface area contributed by atoms with Gasteiger partial charge in [0.1, 0.15) is 0 Å². The van der Waals surface area contributed by atoms with E-state index < -0.39 is 16.1 Å². The Morgan fingerprint density at radius 3 is 2.42 bits per heavy atom. The summed E-state index contributed by atoms with van der Waals surface area (Å²) in [6, 6.07) is 6.77. The molecule has 0 saturated carbocycles. The highest BCUT2D eigenvalue weighted by atomic mass is 32.2. The van der Waals surface area contributed by atoms with E-state index in [2.05, 4.69) is 0 Å². The highest BCUT2D eigenvalue weighted by Gasteiger charge is 2.39. The number of aliphatic hydroxyl groups is 1. The Balaban J connectivity index is 2.30. The molecule has 1 saturated heterocycles. The first kappa shape index (κ1) is 14.5. The lowest BCUT2D eigenvalue weighted by molar-refractivity contribution is 0.113. The summed E-state index contributed by atoms with van der Waals surface area (Å²) in [6.07, 6.45) is -0.645. The van der Waals surface area contributed by atoms with E-state index in [1.807, 2.05) is 25.1 Å². The average molecular weight is 284 g/mol. The first-order valence-electron chi connectivity index (χ1n) is 6.24. The van der Waals surface area contributed by atoms with Crippen LogP contribution in [0.4, 0.5) is 0 Å². The van der Waals surface area contributed by atoms with Crippen molar-refractivity contribution < 1.29 is 13.5 Å². The number of sulfonamides is 1. The number of benzene rings is 1. The molecule has 0 amide bonds. The molecule has 0 unspecified atom stereocenters. The van der Waals surface area contributed by atoms with E-state index in [9.17, 15) is 13.5 Å². The van der Waals surface area contributed by atoms with Crippen LogP contribution in [0.3, 0.4) is 0 Å². The molecule has 2 atom stereocenters. The van der Waals surface area contributed by atoms with Gasteiger partial charge in [-0.2, -0.15) is 4.31 Å². The lowest BCUT2D eigenvalue weighted by atomic mass is 10.2. The van der Waals surface area contributed by atoms with Crippen LogP contribution in [-0.4, -0.2) is 62.1 Å². The molecule has 1 heterocycles. The predicted octanol–water partition coefficient (Wildman–Crippen LogP) is 0.290. The van der Waals surface area contributed by atoms with Crippen LogP contribution in [0.25, 0.3) is 0 Å². The first-order valence-corrected chi connectivity index (χ1v) is 7.68. The first-order chi connectivity index (χ1) is 8.84. The van der Waals surface area contributed by atoms with Crippen LogP contribution in [0.5, 0.6) is 0 Å². The van der Waals surface area contributed by atoms with Crippen molar-refractivity contribution in [3.8, 4) is 0 Å². The Kier molecular flexibility index (Phi) is 3.96. The molecule has 0 aromatic heterocycles. The van der Waals surface area contributed by atoms with Crippen LogP contribution in [0.2, 0.25) is 0 Å². The fraction of sp³-hybridized carbons (Fsp3) is 0.538. The van der Waals surface area contributed by atoms with E-state index in [0.717, 1.165) is 5.56 Å². The van der Waals surface area contributed by atoms with Gasteiger partial charge in [0.25, 0.3) is 0 Å². The predicted molar refractivity (Wildman–Crippen MR) is 73.4 cm³/mol. The van der Waals surface area contributed by atoms with E-state index in [1.165, 1.54) is 4.31 Å². The monoisotopic (exact) mass is 284 g/mol. The third kappa shape index (κ3) is 2.67. The summed E-state index contributed by atoms with van der Waals surface area (Å²) in [5, 5.41) is 9.96. The van der Waals surface area contributed by atoms with Gasteiger partial charge in [-0.1, -0.05) is 18.2 Å². The molecule has 0 spiro atoms. The van der Waals surface area contributed by atoms with Gasteiger partial charge in [0.15, 0.2) is 0 Å². The molecule has 0 radical (unpaired) electrons. The number of aryl methyl sites for hydroxylation is 1. The van der Waals surface area contributed by atoms with Crippen molar-refractivity contribution in [2.45, 2.75) is 24.0 Å². The van der Waals surface area contributed by atoms with Gasteiger partial charge in [-0.05, 0) is 32.6 Å².